The molecule has 0 unspecified atom stereocenters. The predicted molar refractivity (Wildman–Crippen MR) is 104 cm³/mol. The number of rotatable bonds is 4. The number of carbonyl (C=O) groups excluding carboxylic acids is 1. The van der Waals surface area contributed by atoms with Gasteiger partial charge in [-0.15, -0.1) is 0 Å². The van der Waals surface area contributed by atoms with Gasteiger partial charge in [0.15, 0.2) is 0 Å². The average Bonchev–Trinajstić information content (AvgIpc) is 2.54. The molecule has 0 saturated heterocycles. The average molecular weight is 351 g/mol. The van der Waals surface area contributed by atoms with E-state index < -0.39 is 0 Å². The van der Waals surface area contributed by atoms with Crippen LogP contribution in [0.4, 0.5) is 0 Å². The lowest BCUT2D eigenvalue weighted by molar-refractivity contribution is 0.0950. The molecule has 1 heterocycles. The highest BCUT2D eigenvalue weighted by Gasteiger charge is 2.12. The van der Waals surface area contributed by atoms with Gasteiger partial charge in [-0.05, 0) is 64.2 Å². The van der Waals surface area contributed by atoms with Crippen molar-refractivity contribution in [3.8, 4) is 11.8 Å². The summed E-state index contributed by atoms with van der Waals surface area (Å²) >= 11 is 0. The fourth-order valence-electron chi connectivity index (χ4n) is 2.61. The predicted octanol–water partition coefficient (Wildman–Crippen LogP) is 2.14. The number of nitrogens with one attached hydrogen (secondary N) is 2. The number of amides is 1. The summed E-state index contributed by atoms with van der Waals surface area (Å²) in [6.07, 6.45) is 0. The third kappa shape index (κ3) is 5.08. The first-order valence-electron chi connectivity index (χ1n) is 8.49. The molecule has 2 aromatic rings. The molecule has 2 rings (SSSR count). The molecule has 0 bridgehead atoms. The second-order valence-corrected chi connectivity index (χ2v) is 6.69. The van der Waals surface area contributed by atoms with Crippen LogP contribution in [0.2, 0.25) is 0 Å². The molecule has 0 radical (unpaired) electrons. The second-order valence-electron chi connectivity index (χ2n) is 6.69. The minimum absolute atomic E-state index is 0.164. The molecule has 1 aromatic carbocycles. The van der Waals surface area contributed by atoms with Crippen LogP contribution < -0.4 is 10.9 Å². The van der Waals surface area contributed by atoms with E-state index in [-0.39, 0.29) is 18.0 Å². The summed E-state index contributed by atoms with van der Waals surface area (Å²) in [6, 6.07) is 7.48. The van der Waals surface area contributed by atoms with Crippen molar-refractivity contribution >= 4 is 5.91 Å². The summed E-state index contributed by atoms with van der Waals surface area (Å²) < 4.78 is 0. The molecule has 0 aliphatic rings. The Kier molecular flexibility index (Phi) is 6.37. The van der Waals surface area contributed by atoms with E-state index >= 15 is 0 Å². The molecule has 136 valence electrons. The lowest BCUT2D eigenvalue weighted by Crippen LogP contribution is -2.28. The van der Waals surface area contributed by atoms with Gasteiger partial charge in [0, 0.05) is 28.9 Å². The minimum Gasteiger partial charge on any atom is -0.348 e. The van der Waals surface area contributed by atoms with Gasteiger partial charge in [0.1, 0.15) is 0 Å². The second kappa shape index (κ2) is 8.50. The number of aryl methyl sites for hydroxylation is 3. The van der Waals surface area contributed by atoms with Crippen LogP contribution in [0.15, 0.2) is 29.1 Å². The Morgan fingerprint density at radius 2 is 1.88 bits per heavy atom. The van der Waals surface area contributed by atoms with Gasteiger partial charge >= 0.3 is 0 Å². The Morgan fingerprint density at radius 3 is 2.54 bits per heavy atom. The number of nitrogens with zero attached hydrogens (tertiary/aromatic N) is 1. The number of hydrogen-bond donors (Lipinski definition) is 2. The van der Waals surface area contributed by atoms with Gasteiger partial charge in [-0.3, -0.25) is 14.5 Å². The maximum atomic E-state index is 12.6. The van der Waals surface area contributed by atoms with Crippen LogP contribution in [0.5, 0.6) is 0 Å². The smallest absolute Gasteiger partial charge is 0.253 e. The zero-order valence-electron chi connectivity index (χ0n) is 16.0. The normalized spacial score (nSPS) is 10.4. The third-order valence-corrected chi connectivity index (χ3v) is 4.03. The molecule has 26 heavy (non-hydrogen) atoms. The van der Waals surface area contributed by atoms with Gasteiger partial charge in [-0.2, -0.15) is 0 Å². The van der Waals surface area contributed by atoms with Crippen molar-refractivity contribution in [2.45, 2.75) is 27.3 Å². The zero-order chi connectivity index (χ0) is 19.3. The van der Waals surface area contributed by atoms with Crippen molar-refractivity contribution in [3.63, 3.8) is 0 Å². The van der Waals surface area contributed by atoms with Crippen LogP contribution in [0.25, 0.3) is 0 Å². The van der Waals surface area contributed by atoms with E-state index in [4.69, 9.17) is 0 Å². The summed E-state index contributed by atoms with van der Waals surface area (Å²) in [5.41, 5.74) is 4.32. The summed E-state index contributed by atoms with van der Waals surface area (Å²) in [7, 11) is 3.91. The van der Waals surface area contributed by atoms with E-state index in [9.17, 15) is 9.59 Å². The highest BCUT2D eigenvalue weighted by molar-refractivity contribution is 5.96. The standard InChI is InChI=1S/C21H25N3O2/c1-14-8-9-17(7-6-10-24(4)5)12-18(14)20(25)22-13-19-15(2)11-16(3)23-21(19)26/h8-9,11-12H,10,13H2,1-5H3,(H,22,25)(H,23,26). The molecule has 1 amide bonds. The van der Waals surface area contributed by atoms with Crippen molar-refractivity contribution < 1.29 is 4.79 Å². The van der Waals surface area contributed by atoms with Crippen molar-refractivity contribution in [1.29, 1.82) is 0 Å². The van der Waals surface area contributed by atoms with Gasteiger partial charge in [0.2, 0.25) is 0 Å². The fraction of sp³-hybridized carbons (Fsp3) is 0.333. The number of aromatic amines is 1. The van der Waals surface area contributed by atoms with Crippen molar-refractivity contribution in [1.82, 2.24) is 15.2 Å². The lowest BCUT2D eigenvalue weighted by Gasteiger charge is -2.10. The van der Waals surface area contributed by atoms with Gasteiger partial charge in [-0.25, -0.2) is 0 Å². The molecule has 0 aliphatic carbocycles. The quantitative estimate of drug-likeness (QED) is 0.830. The fourth-order valence-corrected chi connectivity index (χ4v) is 2.61. The Balaban J connectivity index is 2.17. The number of hydrogen-bond acceptors (Lipinski definition) is 3. The highest BCUT2D eigenvalue weighted by atomic mass is 16.1. The Bertz CT molecular complexity index is 930. The molecular formula is C21H25N3O2. The van der Waals surface area contributed by atoms with Crippen LogP contribution in [-0.2, 0) is 6.54 Å². The van der Waals surface area contributed by atoms with E-state index in [0.717, 1.165) is 22.4 Å². The van der Waals surface area contributed by atoms with Gasteiger partial charge < -0.3 is 10.3 Å². The largest absolute Gasteiger partial charge is 0.348 e. The molecule has 0 aliphatic heterocycles. The van der Waals surface area contributed by atoms with Crippen molar-refractivity contribution in [3.05, 3.63) is 68.1 Å². The Labute approximate surface area is 154 Å². The van der Waals surface area contributed by atoms with E-state index in [2.05, 4.69) is 22.1 Å². The van der Waals surface area contributed by atoms with E-state index in [1.54, 1.807) is 6.07 Å². The van der Waals surface area contributed by atoms with Crippen molar-refractivity contribution in [2.75, 3.05) is 20.6 Å². The maximum absolute atomic E-state index is 12.6. The number of benzene rings is 1. The summed E-state index contributed by atoms with van der Waals surface area (Å²) in [5.74, 6) is 5.92. The first-order valence-corrected chi connectivity index (χ1v) is 8.49. The SMILES string of the molecule is Cc1cc(C)c(CNC(=O)c2cc(C#CCN(C)C)ccc2C)c(=O)[nH]1. The highest BCUT2D eigenvalue weighted by Crippen LogP contribution is 2.11. The number of H-pyrrole nitrogens is 1. The molecule has 0 saturated carbocycles. The topological polar surface area (TPSA) is 65.2 Å². The van der Waals surface area contributed by atoms with Crippen molar-refractivity contribution in [2.24, 2.45) is 0 Å². The zero-order valence-corrected chi connectivity index (χ0v) is 16.0. The summed E-state index contributed by atoms with van der Waals surface area (Å²) in [6.45, 7) is 6.44. The Morgan fingerprint density at radius 1 is 1.15 bits per heavy atom. The van der Waals surface area contributed by atoms with Gasteiger partial charge in [0.25, 0.3) is 11.5 Å². The van der Waals surface area contributed by atoms with Gasteiger partial charge in [-0.1, -0.05) is 17.9 Å². The minimum atomic E-state index is -0.210. The summed E-state index contributed by atoms with van der Waals surface area (Å²) in [5, 5.41) is 2.84. The molecular weight excluding hydrogens is 326 g/mol. The Hall–Kier alpha value is -2.84. The molecule has 0 atom stereocenters. The molecule has 1 aromatic heterocycles. The van der Waals surface area contributed by atoms with Crippen LogP contribution in [0, 0.1) is 32.6 Å². The monoisotopic (exact) mass is 351 g/mol. The van der Waals surface area contributed by atoms with E-state index in [1.165, 1.54) is 0 Å². The molecule has 0 spiro atoms. The first kappa shape index (κ1) is 19.5. The maximum Gasteiger partial charge on any atom is 0.253 e. The lowest BCUT2D eigenvalue weighted by atomic mass is 10.0. The van der Waals surface area contributed by atoms with E-state index in [0.29, 0.717) is 17.7 Å². The molecule has 2 N–H and O–H groups in total. The number of pyridine rings is 1. The van der Waals surface area contributed by atoms with Gasteiger partial charge in [0.05, 0.1) is 6.54 Å². The number of aromatic nitrogens is 1. The molecule has 0 fully saturated rings. The van der Waals surface area contributed by atoms with Crippen LogP contribution in [0.1, 0.15) is 38.3 Å². The van der Waals surface area contributed by atoms with Crippen LogP contribution in [-0.4, -0.2) is 36.4 Å². The number of carbonyl (C=O) groups is 1. The first-order chi connectivity index (χ1) is 12.3. The van der Waals surface area contributed by atoms with Crippen LogP contribution >= 0.6 is 0 Å². The molecule has 5 heteroatoms. The molecule has 5 nitrogen and oxygen atoms in total. The van der Waals surface area contributed by atoms with Crippen LogP contribution in [0.3, 0.4) is 0 Å². The third-order valence-electron chi connectivity index (χ3n) is 4.03. The summed E-state index contributed by atoms with van der Waals surface area (Å²) in [4.78, 5) is 29.4. The van der Waals surface area contributed by atoms with E-state index in [1.807, 2.05) is 58.0 Å².